The molecule has 158 valence electrons. The summed E-state index contributed by atoms with van der Waals surface area (Å²) >= 11 is 0. The lowest BCUT2D eigenvalue weighted by Gasteiger charge is -2.45. The molecule has 6 heteroatoms. The highest BCUT2D eigenvalue weighted by Crippen LogP contribution is 2.32. The Balaban J connectivity index is 1.36. The van der Waals surface area contributed by atoms with E-state index < -0.39 is 0 Å². The number of nitrogens with zero attached hydrogens (tertiary/aromatic N) is 3. The summed E-state index contributed by atoms with van der Waals surface area (Å²) in [4.78, 5) is 32.0. The fourth-order valence-corrected chi connectivity index (χ4v) is 5.43. The number of fused-ring (bicyclic) bond motifs is 1. The zero-order valence-electron chi connectivity index (χ0n) is 17.7. The molecule has 0 aromatic heterocycles. The quantitative estimate of drug-likeness (QED) is 0.764. The van der Waals surface area contributed by atoms with E-state index in [1.54, 1.807) is 12.0 Å². The minimum absolute atomic E-state index is 0.0260. The SMILES string of the molecule is COc1ccc(N2CC(C(=O)N(C)CC3CCCN4CCCCC34)CC2=O)cc1. The molecule has 6 nitrogen and oxygen atoms in total. The number of carbonyl (C=O) groups excluding carboxylic acids is 2. The van der Waals surface area contributed by atoms with Gasteiger partial charge in [0.2, 0.25) is 11.8 Å². The smallest absolute Gasteiger partial charge is 0.227 e. The first kappa shape index (κ1) is 20.2. The van der Waals surface area contributed by atoms with Gasteiger partial charge >= 0.3 is 0 Å². The molecule has 3 aliphatic heterocycles. The Kier molecular flexibility index (Phi) is 6.09. The molecule has 1 aromatic rings. The van der Waals surface area contributed by atoms with Crippen LogP contribution in [0.1, 0.15) is 38.5 Å². The van der Waals surface area contributed by atoms with E-state index in [9.17, 15) is 9.59 Å². The number of carbonyl (C=O) groups is 2. The maximum atomic E-state index is 13.1. The summed E-state index contributed by atoms with van der Waals surface area (Å²) in [5, 5.41) is 0. The van der Waals surface area contributed by atoms with Gasteiger partial charge < -0.3 is 19.4 Å². The molecule has 0 aliphatic carbocycles. The standard InChI is InChI=1S/C23H33N3O3/c1-24(15-17-6-5-13-25-12-4-3-7-21(17)25)23(28)18-14-22(27)26(16-18)19-8-10-20(29-2)11-9-19/h8-11,17-18,21H,3-7,12-16H2,1-2H3. The van der Waals surface area contributed by atoms with Crippen LogP contribution in [-0.2, 0) is 9.59 Å². The van der Waals surface area contributed by atoms with Gasteiger partial charge in [-0.2, -0.15) is 0 Å². The lowest BCUT2D eigenvalue weighted by atomic mass is 9.83. The fraction of sp³-hybridized carbons (Fsp3) is 0.652. The van der Waals surface area contributed by atoms with Crippen molar-refractivity contribution in [2.45, 2.75) is 44.6 Å². The third-order valence-corrected chi connectivity index (χ3v) is 6.97. The molecule has 0 bridgehead atoms. The van der Waals surface area contributed by atoms with Crippen LogP contribution in [0.5, 0.6) is 5.75 Å². The number of hydrogen-bond acceptors (Lipinski definition) is 4. The highest BCUT2D eigenvalue weighted by atomic mass is 16.5. The molecule has 3 atom stereocenters. The average molecular weight is 400 g/mol. The molecule has 0 N–H and O–H groups in total. The van der Waals surface area contributed by atoms with E-state index >= 15 is 0 Å². The molecule has 3 unspecified atom stereocenters. The Morgan fingerprint density at radius 3 is 2.66 bits per heavy atom. The highest BCUT2D eigenvalue weighted by molar-refractivity contribution is 6.00. The number of benzene rings is 1. The van der Waals surface area contributed by atoms with Crippen LogP contribution in [0, 0.1) is 11.8 Å². The molecule has 3 fully saturated rings. The number of anilines is 1. The number of rotatable bonds is 5. The van der Waals surface area contributed by atoms with Gasteiger partial charge in [0.05, 0.1) is 13.0 Å². The first-order valence-corrected chi connectivity index (χ1v) is 11.0. The fourth-order valence-electron chi connectivity index (χ4n) is 5.43. The van der Waals surface area contributed by atoms with Crippen LogP contribution in [-0.4, -0.2) is 68.0 Å². The third kappa shape index (κ3) is 4.27. The normalized spacial score (nSPS) is 27.6. The molecule has 29 heavy (non-hydrogen) atoms. The number of methoxy groups -OCH3 is 1. The predicted octanol–water partition coefficient (Wildman–Crippen LogP) is 2.77. The van der Waals surface area contributed by atoms with E-state index in [0.717, 1.165) is 18.0 Å². The molecule has 1 aromatic carbocycles. The number of amides is 2. The van der Waals surface area contributed by atoms with Gasteiger partial charge in [0.25, 0.3) is 0 Å². The molecular formula is C23H33N3O3. The summed E-state index contributed by atoms with van der Waals surface area (Å²) in [7, 11) is 3.55. The molecule has 0 saturated carbocycles. The minimum atomic E-state index is -0.249. The molecular weight excluding hydrogens is 366 g/mol. The second-order valence-corrected chi connectivity index (χ2v) is 8.82. The molecule has 0 spiro atoms. The molecule has 2 amide bonds. The number of ether oxygens (including phenoxy) is 1. The van der Waals surface area contributed by atoms with Crippen molar-refractivity contribution in [3.8, 4) is 5.75 Å². The summed E-state index contributed by atoms with van der Waals surface area (Å²) in [6, 6.07) is 8.10. The van der Waals surface area contributed by atoms with Crippen LogP contribution in [0.25, 0.3) is 0 Å². The zero-order chi connectivity index (χ0) is 20.4. The van der Waals surface area contributed by atoms with Crippen molar-refractivity contribution in [1.82, 2.24) is 9.80 Å². The summed E-state index contributed by atoms with van der Waals surface area (Å²) in [5.74, 6) is 1.21. The van der Waals surface area contributed by atoms with Gasteiger partial charge in [0, 0.05) is 38.3 Å². The number of piperidine rings is 2. The highest BCUT2D eigenvalue weighted by Gasteiger charge is 2.38. The van der Waals surface area contributed by atoms with Gasteiger partial charge in [0.1, 0.15) is 5.75 Å². The molecule has 4 rings (SSSR count). The summed E-state index contributed by atoms with van der Waals surface area (Å²) in [5.41, 5.74) is 0.832. The van der Waals surface area contributed by atoms with Gasteiger partial charge in [0.15, 0.2) is 0 Å². The molecule has 3 heterocycles. The van der Waals surface area contributed by atoms with Crippen LogP contribution >= 0.6 is 0 Å². The van der Waals surface area contributed by atoms with Gasteiger partial charge in [-0.25, -0.2) is 0 Å². The average Bonchev–Trinajstić information content (AvgIpc) is 3.15. The first-order valence-electron chi connectivity index (χ1n) is 11.0. The monoisotopic (exact) mass is 399 g/mol. The van der Waals surface area contributed by atoms with Gasteiger partial charge in [-0.3, -0.25) is 9.59 Å². The summed E-state index contributed by atoms with van der Waals surface area (Å²) < 4.78 is 5.19. The first-order chi connectivity index (χ1) is 14.1. The summed E-state index contributed by atoms with van der Waals surface area (Å²) in [6.45, 7) is 3.71. The lowest BCUT2D eigenvalue weighted by Crippen LogP contribution is -2.51. The van der Waals surface area contributed by atoms with E-state index in [4.69, 9.17) is 4.74 Å². The maximum Gasteiger partial charge on any atom is 0.227 e. The molecule has 3 aliphatic rings. The second kappa shape index (κ2) is 8.74. The van der Waals surface area contributed by atoms with Crippen molar-refractivity contribution < 1.29 is 14.3 Å². The third-order valence-electron chi connectivity index (χ3n) is 6.97. The minimum Gasteiger partial charge on any atom is -0.497 e. The topological polar surface area (TPSA) is 53.1 Å². The lowest BCUT2D eigenvalue weighted by molar-refractivity contribution is -0.135. The zero-order valence-corrected chi connectivity index (χ0v) is 17.7. The van der Waals surface area contributed by atoms with Crippen LogP contribution in [0.4, 0.5) is 5.69 Å². The van der Waals surface area contributed by atoms with Gasteiger partial charge in [-0.05, 0) is 69.0 Å². The Morgan fingerprint density at radius 2 is 1.90 bits per heavy atom. The molecule has 3 saturated heterocycles. The van der Waals surface area contributed by atoms with Gasteiger partial charge in [-0.1, -0.05) is 6.42 Å². The van der Waals surface area contributed by atoms with Crippen molar-refractivity contribution in [2.24, 2.45) is 11.8 Å². The van der Waals surface area contributed by atoms with Crippen molar-refractivity contribution in [2.75, 3.05) is 45.2 Å². The van der Waals surface area contributed by atoms with E-state index in [1.165, 1.54) is 45.2 Å². The van der Waals surface area contributed by atoms with E-state index in [0.29, 0.717) is 24.9 Å². The Labute approximate surface area is 173 Å². The van der Waals surface area contributed by atoms with E-state index in [-0.39, 0.29) is 17.7 Å². The van der Waals surface area contributed by atoms with E-state index in [2.05, 4.69) is 4.90 Å². The Bertz CT molecular complexity index is 733. The van der Waals surface area contributed by atoms with Crippen molar-refractivity contribution in [3.63, 3.8) is 0 Å². The van der Waals surface area contributed by atoms with Crippen molar-refractivity contribution in [1.29, 1.82) is 0 Å². The number of hydrogen-bond donors (Lipinski definition) is 0. The van der Waals surface area contributed by atoms with Crippen LogP contribution in [0.15, 0.2) is 24.3 Å². The Hall–Kier alpha value is -2.08. The van der Waals surface area contributed by atoms with E-state index in [1.807, 2.05) is 36.2 Å². The maximum absolute atomic E-state index is 13.1. The van der Waals surface area contributed by atoms with Crippen LogP contribution in [0.3, 0.4) is 0 Å². The van der Waals surface area contributed by atoms with Crippen LogP contribution < -0.4 is 9.64 Å². The molecule has 0 radical (unpaired) electrons. The van der Waals surface area contributed by atoms with Gasteiger partial charge in [-0.15, -0.1) is 0 Å². The predicted molar refractivity (Wildman–Crippen MR) is 113 cm³/mol. The van der Waals surface area contributed by atoms with Crippen molar-refractivity contribution in [3.05, 3.63) is 24.3 Å². The summed E-state index contributed by atoms with van der Waals surface area (Å²) in [6.07, 6.45) is 6.62. The Morgan fingerprint density at radius 1 is 1.14 bits per heavy atom. The van der Waals surface area contributed by atoms with Crippen LogP contribution in [0.2, 0.25) is 0 Å². The van der Waals surface area contributed by atoms with Crippen molar-refractivity contribution >= 4 is 17.5 Å². The second-order valence-electron chi connectivity index (χ2n) is 8.82. The largest absolute Gasteiger partial charge is 0.497 e.